The van der Waals surface area contributed by atoms with Crippen LogP contribution in [0.4, 0.5) is 11.6 Å². The Balaban J connectivity index is 1.41. The number of ether oxygens (including phenoxy) is 1. The van der Waals surface area contributed by atoms with Gasteiger partial charge in [-0.05, 0) is 60.9 Å². The normalized spacial score (nSPS) is 14.7. The van der Waals surface area contributed by atoms with Crippen LogP contribution in [-0.2, 0) is 11.4 Å². The molecule has 2 heterocycles. The molecule has 0 saturated carbocycles. The predicted octanol–water partition coefficient (Wildman–Crippen LogP) is 6.40. The summed E-state index contributed by atoms with van der Waals surface area (Å²) < 4.78 is 7.64. The molecule has 0 aliphatic carbocycles. The Labute approximate surface area is 218 Å². The number of fused-ring (bicyclic) bond motifs is 1. The molecule has 1 atom stereocenters. The number of hydrogen-bond acceptors (Lipinski definition) is 5. The van der Waals surface area contributed by atoms with Gasteiger partial charge in [-0.25, -0.2) is 4.68 Å². The van der Waals surface area contributed by atoms with Crippen LogP contribution in [0.15, 0.2) is 84.3 Å². The standard InChI is InChI=1S/C27H23Cl2N5O2/c1-16-5-3-4-6-23(16)33-26(35)24-17(2)32-27-30-15-31-34(27)25(24)19-8-10-20(11-9-19)36-14-18-7-12-21(28)22(29)13-18/h3-13,15,25H,14H2,1-2H3,(H,33,35)(H,30,31,32)/t25-/m1/s1. The maximum atomic E-state index is 13.5. The van der Waals surface area contributed by atoms with Crippen molar-refractivity contribution in [2.45, 2.75) is 26.5 Å². The molecule has 1 amide bonds. The van der Waals surface area contributed by atoms with Gasteiger partial charge in [0.25, 0.3) is 5.91 Å². The van der Waals surface area contributed by atoms with Crippen LogP contribution in [0.1, 0.15) is 29.7 Å². The molecule has 1 aliphatic heterocycles. The highest BCUT2D eigenvalue weighted by molar-refractivity contribution is 6.42. The minimum atomic E-state index is -0.461. The third-order valence-corrected chi connectivity index (χ3v) is 6.76. The number of carbonyl (C=O) groups is 1. The van der Waals surface area contributed by atoms with Crippen LogP contribution in [0.3, 0.4) is 0 Å². The van der Waals surface area contributed by atoms with E-state index < -0.39 is 6.04 Å². The average molecular weight is 520 g/mol. The number of carbonyl (C=O) groups excluding carboxylic acids is 1. The molecule has 5 rings (SSSR count). The highest BCUT2D eigenvalue weighted by Gasteiger charge is 2.33. The van der Waals surface area contributed by atoms with Gasteiger partial charge in [-0.2, -0.15) is 10.1 Å². The first-order valence-electron chi connectivity index (χ1n) is 11.3. The number of amides is 1. The summed E-state index contributed by atoms with van der Waals surface area (Å²) in [5.74, 6) is 1.05. The van der Waals surface area contributed by atoms with Crippen LogP contribution >= 0.6 is 23.2 Å². The highest BCUT2D eigenvalue weighted by atomic mass is 35.5. The molecule has 0 spiro atoms. The maximum absolute atomic E-state index is 13.5. The number of aryl methyl sites for hydroxylation is 1. The van der Waals surface area contributed by atoms with Crippen molar-refractivity contribution in [3.05, 3.63) is 111 Å². The topological polar surface area (TPSA) is 81.1 Å². The van der Waals surface area contributed by atoms with Crippen molar-refractivity contribution in [1.29, 1.82) is 0 Å². The fourth-order valence-electron chi connectivity index (χ4n) is 4.14. The smallest absolute Gasteiger partial charge is 0.255 e. The van der Waals surface area contributed by atoms with Crippen LogP contribution < -0.4 is 15.4 Å². The molecule has 1 aliphatic rings. The lowest BCUT2D eigenvalue weighted by Crippen LogP contribution is -2.31. The van der Waals surface area contributed by atoms with Gasteiger partial charge in [-0.1, -0.05) is 59.6 Å². The molecule has 0 bridgehead atoms. The summed E-state index contributed by atoms with van der Waals surface area (Å²) in [4.78, 5) is 17.8. The number of nitrogens with zero attached hydrogens (tertiary/aromatic N) is 3. The quantitative estimate of drug-likeness (QED) is 0.308. The van der Waals surface area contributed by atoms with E-state index in [2.05, 4.69) is 20.7 Å². The van der Waals surface area contributed by atoms with Crippen molar-refractivity contribution >= 4 is 40.7 Å². The van der Waals surface area contributed by atoms with Gasteiger partial charge in [0, 0.05) is 11.4 Å². The Morgan fingerprint density at radius 1 is 1.06 bits per heavy atom. The van der Waals surface area contributed by atoms with Gasteiger partial charge in [-0.15, -0.1) is 0 Å². The van der Waals surface area contributed by atoms with Gasteiger partial charge in [0.05, 0.1) is 15.6 Å². The SMILES string of the molecule is CC1=C(C(=O)Nc2ccccc2C)[C@@H](c2ccc(OCc3ccc(Cl)c(Cl)c3)cc2)n2ncnc2N1. The maximum Gasteiger partial charge on any atom is 0.255 e. The number of para-hydroxylation sites is 1. The summed E-state index contributed by atoms with van der Waals surface area (Å²) in [6, 6.07) is 20.2. The van der Waals surface area contributed by atoms with Crippen molar-refractivity contribution in [2.24, 2.45) is 0 Å². The first kappa shape index (κ1) is 23.9. The van der Waals surface area contributed by atoms with Crippen LogP contribution in [0.2, 0.25) is 10.0 Å². The molecular weight excluding hydrogens is 497 g/mol. The number of nitrogens with one attached hydrogen (secondary N) is 2. The third kappa shape index (κ3) is 4.80. The lowest BCUT2D eigenvalue weighted by atomic mass is 9.95. The summed E-state index contributed by atoms with van der Waals surface area (Å²) in [6.45, 7) is 4.17. The van der Waals surface area contributed by atoms with E-state index in [0.29, 0.717) is 39.6 Å². The van der Waals surface area contributed by atoms with E-state index in [-0.39, 0.29) is 5.91 Å². The first-order valence-corrected chi connectivity index (χ1v) is 12.1. The van der Waals surface area contributed by atoms with E-state index in [0.717, 1.165) is 22.4 Å². The van der Waals surface area contributed by atoms with Crippen LogP contribution in [0, 0.1) is 6.92 Å². The Morgan fingerprint density at radius 3 is 2.58 bits per heavy atom. The number of rotatable bonds is 6. The molecule has 0 radical (unpaired) electrons. The molecule has 7 nitrogen and oxygen atoms in total. The number of halogens is 2. The monoisotopic (exact) mass is 519 g/mol. The highest BCUT2D eigenvalue weighted by Crippen LogP contribution is 2.36. The largest absolute Gasteiger partial charge is 0.489 e. The van der Waals surface area contributed by atoms with E-state index >= 15 is 0 Å². The number of allylic oxidation sites excluding steroid dienone is 1. The van der Waals surface area contributed by atoms with Gasteiger partial charge in [0.2, 0.25) is 5.95 Å². The second-order valence-electron chi connectivity index (χ2n) is 8.47. The van der Waals surface area contributed by atoms with Crippen molar-refractivity contribution in [3.63, 3.8) is 0 Å². The van der Waals surface area contributed by atoms with E-state index in [1.165, 1.54) is 6.33 Å². The van der Waals surface area contributed by atoms with E-state index in [4.69, 9.17) is 27.9 Å². The van der Waals surface area contributed by atoms with E-state index in [1.807, 2.05) is 68.4 Å². The molecule has 0 saturated heterocycles. The van der Waals surface area contributed by atoms with Crippen LogP contribution in [-0.4, -0.2) is 20.7 Å². The lowest BCUT2D eigenvalue weighted by Gasteiger charge is -2.29. The summed E-state index contributed by atoms with van der Waals surface area (Å²) in [6.07, 6.45) is 1.47. The zero-order valence-corrected chi connectivity index (χ0v) is 21.1. The minimum Gasteiger partial charge on any atom is -0.489 e. The zero-order chi connectivity index (χ0) is 25.2. The molecule has 0 unspecified atom stereocenters. The predicted molar refractivity (Wildman–Crippen MR) is 142 cm³/mol. The molecule has 0 fully saturated rings. The molecule has 1 aromatic heterocycles. The van der Waals surface area contributed by atoms with Gasteiger partial charge in [0.15, 0.2) is 0 Å². The van der Waals surface area contributed by atoms with Gasteiger partial charge < -0.3 is 15.4 Å². The second-order valence-corrected chi connectivity index (χ2v) is 9.28. The molecule has 182 valence electrons. The summed E-state index contributed by atoms with van der Waals surface area (Å²) in [5, 5.41) is 11.6. The summed E-state index contributed by atoms with van der Waals surface area (Å²) in [7, 11) is 0. The number of benzene rings is 3. The van der Waals surface area contributed by atoms with Crippen molar-refractivity contribution < 1.29 is 9.53 Å². The Morgan fingerprint density at radius 2 is 1.83 bits per heavy atom. The number of anilines is 2. The Kier molecular flexibility index (Phi) is 6.67. The molecular formula is C27H23Cl2N5O2. The Hall–Kier alpha value is -3.81. The van der Waals surface area contributed by atoms with Crippen molar-refractivity contribution in [2.75, 3.05) is 10.6 Å². The molecule has 2 N–H and O–H groups in total. The fourth-order valence-corrected chi connectivity index (χ4v) is 4.46. The van der Waals surface area contributed by atoms with E-state index in [9.17, 15) is 4.79 Å². The second kappa shape index (κ2) is 10.0. The summed E-state index contributed by atoms with van der Waals surface area (Å²) >= 11 is 12.1. The van der Waals surface area contributed by atoms with Crippen molar-refractivity contribution in [1.82, 2.24) is 14.8 Å². The minimum absolute atomic E-state index is 0.208. The van der Waals surface area contributed by atoms with E-state index in [1.54, 1.807) is 16.8 Å². The molecule has 36 heavy (non-hydrogen) atoms. The third-order valence-electron chi connectivity index (χ3n) is 6.02. The molecule has 4 aromatic rings. The Bertz CT molecular complexity index is 1460. The average Bonchev–Trinajstić information content (AvgIpc) is 3.33. The number of aromatic nitrogens is 3. The molecule has 9 heteroatoms. The summed E-state index contributed by atoms with van der Waals surface area (Å²) in [5.41, 5.74) is 4.80. The lowest BCUT2D eigenvalue weighted by molar-refractivity contribution is -0.113. The zero-order valence-electron chi connectivity index (χ0n) is 19.6. The molecule has 3 aromatic carbocycles. The number of hydrogen-bond donors (Lipinski definition) is 2. The first-order chi connectivity index (χ1) is 17.4. The van der Waals surface area contributed by atoms with Crippen LogP contribution in [0.25, 0.3) is 0 Å². The van der Waals surface area contributed by atoms with Crippen molar-refractivity contribution in [3.8, 4) is 5.75 Å². The van der Waals surface area contributed by atoms with Gasteiger partial charge >= 0.3 is 0 Å². The van der Waals surface area contributed by atoms with Gasteiger partial charge in [0.1, 0.15) is 24.7 Å². The van der Waals surface area contributed by atoms with Gasteiger partial charge in [-0.3, -0.25) is 4.79 Å². The van der Waals surface area contributed by atoms with Crippen LogP contribution in [0.5, 0.6) is 5.75 Å². The fraction of sp³-hybridized carbons (Fsp3) is 0.148.